The Morgan fingerprint density at radius 3 is 2.62 bits per heavy atom. The Kier molecular flexibility index (Phi) is 6.15. The molecule has 29 heavy (non-hydrogen) atoms. The Balaban J connectivity index is 1.77. The number of phenols is 1. The molecule has 1 heterocycles. The van der Waals surface area contributed by atoms with E-state index in [4.69, 9.17) is 0 Å². The molecule has 0 aliphatic rings. The van der Waals surface area contributed by atoms with Gasteiger partial charge in [-0.25, -0.2) is 4.90 Å². The number of aromatic hydroxyl groups is 1. The van der Waals surface area contributed by atoms with E-state index in [1.807, 2.05) is 30.5 Å². The molecule has 0 saturated carbocycles. The number of nitrogens with one attached hydrogen (secondary N) is 2. The lowest BCUT2D eigenvalue weighted by atomic mass is 10.0. The molecular formula is C22H22N4O3. The van der Waals surface area contributed by atoms with E-state index in [0.717, 1.165) is 26.9 Å². The summed E-state index contributed by atoms with van der Waals surface area (Å²) in [4.78, 5) is 29.6. The van der Waals surface area contributed by atoms with E-state index in [9.17, 15) is 20.0 Å². The highest BCUT2D eigenvalue weighted by Gasteiger charge is 2.26. The van der Waals surface area contributed by atoms with Crippen LogP contribution in [0, 0.1) is 11.5 Å². The first-order valence-corrected chi connectivity index (χ1v) is 9.35. The predicted molar refractivity (Wildman–Crippen MR) is 109 cm³/mol. The van der Waals surface area contributed by atoms with Crippen molar-refractivity contribution in [1.29, 1.82) is 5.26 Å². The molecule has 1 aromatic heterocycles. The molecule has 2 amide bonds. The summed E-state index contributed by atoms with van der Waals surface area (Å²) in [6.07, 6.45) is 3.98. The summed E-state index contributed by atoms with van der Waals surface area (Å²) in [6.45, 7) is 1.92. The number of rotatable bonds is 7. The second-order valence-electron chi connectivity index (χ2n) is 6.71. The topological polar surface area (TPSA) is 109 Å². The largest absolute Gasteiger partial charge is 0.508 e. The van der Waals surface area contributed by atoms with Crippen LogP contribution in [0.15, 0.2) is 54.7 Å². The molecule has 3 rings (SSSR count). The van der Waals surface area contributed by atoms with Gasteiger partial charge >= 0.3 is 0 Å². The zero-order valence-corrected chi connectivity index (χ0v) is 16.1. The van der Waals surface area contributed by atoms with Gasteiger partial charge < -0.3 is 15.4 Å². The van der Waals surface area contributed by atoms with Crippen LogP contribution in [0.4, 0.5) is 0 Å². The fourth-order valence-electron chi connectivity index (χ4n) is 3.23. The number of aromatic amines is 1. The number of benzene rings is 2. The molecule has 0 saturated heterocycles. The maximum absolute atomic E-state index is 12.8. The van der Waals surface area contributed by atoms with E-state index in [1.165, 1.54) is 12.1 Å². The summed E-state index contributed by atoms with van der Waals surface area (Å²) in [6, 6.07) is 13.2. The van der Waals surface area contributed by atoms with Crippen molar-refractivity contribution in [3.05, 3.63) is 65.9 Å². The number of hydrogen-bond acceptors (Lipinski definition) is 4. The summed E-state index contributed by atoms with van der Waals surface area (Å²) in [5, 5.41) is 22.4. The van der Waals surface area contributed by atoms with E-state index in [1.54, 1.807) is 25.3 Å². The number of H-pyrrole nitrogens is 1. The number of amides is 2. The Hall–Kier alpha value is -3.79. The lowest BCUT2D eigenvalue weighted by Crippen LogP contribution is -2.48. The van der Waals surface area contributed by atoms with Gasteiger partial charge in [-0.15, -0.1) is 0 Å². The Morgan fingerprint density at radius 2 is 1.93 bits per heavy atom. The third-order valence-corrected chi connectivity index (χ3v) is 4.74. The second-order valence-corrected chi connectivity index (χ2v) is 6.71. The number of hydrogen-bond donors (Lipinski definition) is 3. The van der Waals surface area contributed by atoms with E-state index >= 15 is 0 Å². The molecule has 3 aromatic rings. The number of carbonyl (C=O) groups excluding carboxylic acids is 2. The molecule has 7 heteroatoms. The van der Waals surface area contributed by atoms with Crippen LogP contribution in [0.2, 0.25) is 0 Å². The standard InChI is InChI=1S/C22H22N4O3/c1-2-26(14-23)22(29)20(11-15-7-9-17(27)10-8-15)25-21(28)12-16-13-24-19-6-4-3-5-18(16)19/h3-10,13,20,24,27H,2,11-12H2,1H3,(H,25,28). The van der Waals surface area contributed by atoms with Gasteiger partial charge in [-0.05, 0) is 36.2 Å². The molecule has 0 spiro atoms. The number of para-hydroxylation sites is 1. The first-order chi connectivity index (χ1) is 14.0. The molecule has 0 aliphatic carbocycles. The minimum Gasteiger partial charge on any atom is -0.508 e. The van der Waals surface area contributed by atoms with Crippen LogP contribution in [0.3, 0.4) is 0 Å². The maximum Gasteiger partial charge on any atom is 0.258 e. The van der Waals surface area contributed by atoms with Gasteiger partial charge in [0, 0.05) is 30.1 Å². The van der Waals surface area contributed by atoms with Crippen LogP contribution in [0.1, 0.15) is 18.1 Å². The monoisotopic (exact) mass is 390 g/mol. The van der Waals surface area contributed by atoms with Gasteiger partial charge in [-0.3, -0.25) is 9.59 Å². The number of carbonyl (C=O) groups is 2. The lowest BCUT2D eigenvalue weighted by molar-refractivity contribution is -0.133. The third-order valence-electron chi connectivity index (χ3n) is 4.74. The van der Waals surface area contributed by atoms with Crippen LogP contribution in [-0.4, -0.2) is 39.4 Å². The van der Waals surface area contributed by atoms with Gasteiger partial charge in [-0.2, -0.15) is 5.26 Å². The van der Waals surface area contributed by atoms with Gasteiger partial charge in [-0.1, -0.05) is 30.3 Å². The SMILES string of the molecule is CCN(C#N)C(=O)C(Cc1ccc(O)cc1)NC(=O)Cc1c[nH]c2ccccc12. The van der Waals surface area contributed by atoms with E-state index < -0.39 is 11.9 Å². The molecule has 0 bridgehead atoms. The number of fused-ring (bicyclic) bond motifs is 1. The third kappa shape index (κ3) is 4.74. The normalized spacial score (nSPS) is 11.6. The van der Waals surface area contributed by atoms with E-state index in [-0.39, 0.29) is 31.0 Å². The van der Waals surface area contributed by atoms with Crippen molar-refractivity contribution in [2.45, 2.75) is 25.8 Å². The second kappa shape index (κ2) is 8.93. The average molecular weight is 390 g/mol. The number of phenolic OH excluding ortho intramolecular Hbond substituents is 1. The van der Waals surface area contributed by atoms with Crippen molar-refractivity contribution in [1.82, 2.24) is 15.2 Å². The van der Waals surface area contributed by atoms with Crippen molar-refractivity contribution in [2.24, 2.45) is 0 Å². The summed E-state index contributed by atoms with van der Waals surface area (Å²) in [5.74, 6) is -0.650. The summed E-state index contributed by atoms with van der Waals surface area (Å²) >= 11 is 0. The number of aromatic nitrogens is 1. The molecule has 0 aliphatic heterocycles. The smallest absolute Gasteiger partial charge is 0.258 e. The molecular weight excluding hydrogens is 368 g/mol. The quantitative estimate of drug-likeness (QED) is 0.425. The summed E-state index contributed by atoms with van der Waals surface area (Å²) in [5.41, 5.74) is 2.54. The van der Waals surface area contributed by atoms with Crippen LogP contribution >= 0.6 is 0 Å². The lowest BCUT2D eigenvalue weighted by Gasteiger charge is -2.22. The van der Waals surface area contributed by atoms with Crippen LogP contribution in [0.5, 0.6) is 5.75 Å². The van der Waals surface area contributed by atoms with E-state index in [2.05, 4.69) is 10.3 Å². The highest BCUT2D eigenvalue weighted by Crippen LogP contribution is 2.18. The zero-order chi connectivity index (χ0) is 20.8. The van der Waals surface area contributed by atoms with Gasteiger partial charge in [0.15, 0.2) is 6.19 Å². The molecule has 7 nitrogen and oxygen atoms in total. The molecule has 1 unspecified atom stereocenters. The van der Waals surface area contributed by atoms with Crippen molar-refractivity contribution in [3.63, 3.8) is 0 Å². The van der Waals surface area contributed by atoms with Crippen LogP contribution in [-0.2, 0) is 22.4 Å². The Morgan fingerprint density at radius 1 is 1.21 bits per heavy atom. The van der Waals surface area contributed by atoms with Crippen molar-refractivity contribution >= 4 is 22.7 Å². The molecule has 2 aromatic carbocycles. The van der Waals surface area contributed by atoms with Crippen LogP contribution < -0.4 is 5.32 Å². The van der Waals surface area contributed by atoms with Gasteiger partial charge in [0.05, 0.1) is 6.42 Å². The number of nitrogens with zero attached hydrogens (tertiary/aromatic N) is 2. The summed E-state index contributed by atoms with van der Waals surface area (Å²) in [7, 11) is 0. The van der Waals surface area contributed by atoms with Crippen molar-refractivity contribution < 1.29 is 14.7 Å². The number of nitriles is 1. The molecule has 148 valence electrons. The fourth-order valence-corrected chi connectivity index (χ4v) is 3.23. The minimum atomic E-state index is -0.878. The van der Waals surface area contributed by atoms with Crippen LogP contribution in [0.25, 0.3) is 10.9 Å². The predicted octanol–water partition coefficient (Wildman–Crippen LogP) is 2.47. The zero-order valence-electron chi connectivity index (χ0n) is 16.1. The van der Waals surface area contributed by atoms with E-state index in [0.29, 0.717) is 0 Å². The highest BCUT2D eigenvalue weighted by atomic mass is 16.3. The maximum atomic E-state index is 12.8. The Labute approximate surface area is 168 Å². The number of likely N-dealkylation sites (N-methyl/N-ethyl adjacent to an activating group) is 1. The molecule has 0 fully saturated rings. The molecule has 3 N–H and O–H groups in total. The van der Waals surface area contributed by atoms with Gasteiger partial charge in [0.25, 0.3) is 5.91 Å². The van der Waals surface area contributed by atoms with Crippen molar-refractivity contribution in [2.75, 3.05) is 6.54 Å². The highest BCUT2D eigenvalue weighted by molar-refractivity contribution is 5.92. The minimum absolute atomic E-state index is 0.113. The van der Waals surface area contributed by atoms with Gasteiger partial charge in [0.2, 0.25) is 5.91 Å². The molecule has 1 atom stereocenters. The molecule has 0 radical (unpaired) electrons. The summed E-state index contributed by atoms with van der Waals surface area (Å²) < 4.78 is 0. The van der Waals surface area contributed by atoms with Gasteiger partial charge in [0.1, 0.15) is 11.8 Å². The first-order valence-electron chi connectivity index (χ1n) is 9.35. The first kappa shape index (κ1) is 20.0. The fraction of sp³-hybridized carbons (Fsp3) is 0.227. The average Bonchev–Trinajstić information content (AvgIpc) is 3.13. The van der Waals surface area contributed by atoms with Crippen molar-refractivity contribution in [3.8, 4) is 11.9 Å². The Bertz CT molecular complexity index is 1050.